The minimum Gasteiger partial charge on any atom is -0.481 e. The van der Waals surface area contributed by atoms with Crippen LogP contribution in [0.4, 0.5) is 0 Å². The fraction of sp³-hybridized carbons (Fsp3) is 0.200. The van der Waals surface area contributed by atoms with E-state index in [1.165, 1.54) is 0 Å². The Bertz CT molecular complexity index is 646. The molecule has 0 aliphatic carbocycles. The van der Waals surface area contributed by atoms with Gasteiger partial charge in [0.15, 0.2) is 0 Å². The number of carboxylic acids is 1. The Kier molecular flexibility index (Phi) is 4.78. The van der Waals surface area contributed by atoms with Crippen LogP contribution in [0.3, 0.4) is 0 Å². The highest BCUT2D eigenvalue weighted by Gasteiger charge is 2.24. The number of pyridine rings is 1. The molecule has 0 aliphatic rings. The predicted octanol–water partition coefficient (Wildman–Crippen LogP) is 4.22. The summed E-state index contributed by atoms with van der Waals surface area (Å²) in [5.41, 5.74) is 2.38. The van der Waals surface area contributed by atoms with Crippen LogP contribution in [-0.4, -0.2) is 16.1 Å². The molecule has 1 heterocycles. The van der Waals surface area contributed by atoms with Gasteiger partial charge in [0.1, 0.15) is 5.92 Å². The highest BCUT2D eigenvalue weighted by molar-refractivity contribution is 9.10. The first-order chi connectivity index (χ1) is 9.49. The molecule has 0 saturated carbocycles. The Hall–Kier alpha value is -1.39. The number of hydrogen-bond acceptors (Lipinski definition) is 2. The van der Waals surface area contributed by atoms with Crippen molar-refractivity contribution in [1.82, 2.24) is 4.98 Å². The number of hydrogen-bond donors (Lipinski definition) is 1. The van der Waals surface area contributed by atoms with Gasteiger partial charge in [0.05, 0.1) is 5.69 Å². The molecule has 5 heteroatoms. The van der Waals surface area contributed by atoms with Gasteiger partial charge in [-0.05, 0) is 58.6 Å². The lowest BCUT2D eigenvalue weighted by molar-refractivity contribution is -0.138. The number of aliphatic carboxylic acids is 1. The summed E-state index contributed by atoms with van der Waals surface area (Å²) in [4.78, 5) is 15.8. The molecule has 2 rings (SSSR count). The van der Waals surface area contributed by atoms with Crippen molar-refractivity contribution in [3.05, 3.63) is 62.8 Å². The van der Waals surface area contributed by atoms with Crippen molar-refractivity contribution in [3.63, 3.8) is 0 Å². The molecule has 0 aliphatic heterocycles. The van der Waals surface area contributed by atoms with E-state index in [9.17, 15) is 9.90 Å². The van der Waals surface area contributed by atoms with E-state index in [4.69, 9.17) is 11.6 Å². The van der Waals surface area contributed by atoms with Crippen LogP contribution in [0, 0.1) is 6.92 Å². The lowest BCUT2D eigenvalue weighted by atomic mass is 9.95. The first-order valence-corrected chi connectivity index (χ1v) is 7.24. The maximum atomic E-state index is 11.6. The largest absolute Gasteiger partial charge is 0.481 e. The number of carboxylic acid groups (broad SMARTS) is 1. The minimum atomic E-state index is -0.899. The average molecular weight is 355 g/mol. The van der Waals surface area contributed by atoms with E-state index < -0.39 is 11.9 Å². The summed E-state index contributed by atoms with van der Waals surface area (Å²) in [5.74, 6) is -1.61. The van der Waals surface area contributed by atoms with Gasteiger partial charge in [0.2, 0.25) is 0 Å². The molecule has 20 heavy (non-hydrogen) atoms. The summed E-state index contributed by atoms with van der Waals surface area (Å²) < 4.78 is 0.745. The summed E-state index contributed by atoms with van der Waals surface area (Å²) in [6, 6.07) is 9.07. The second-order valence-corrected chi connectivity index (χ2v) is 5.78. The Morgan fingerprint density at radius 2 is 2.20 bits per heavy atom. The minimum absolute atomic E-state index is 0.352. The second kappa shape index (κ2) is 6.37. The molecule has 0 bridgehead atoms. The van der Waals surface area contributed by atoms with Gasteiger partial charge in [-0.2, -0.15) is 0 Å². The van der Waals surface area contributed by atoms with Crippen molar-refractivity contribution < 1.29 is 9.90 Å². The quantitative estimate of drug-likeness (QED) is 0.894. The number of aryl methyl sites for hydroxylation is 1. The van der Waals surface area contributed by atoms with Gasteiger partial charge < -0.3 is 5.11 Å². The zero-order chi connectivity index (χ0) is 14.7. The second-order valence-electron chi connectivity index (χ2n) is 4.55. The molecule has 0 radical (unpaired) electrons. The van der Waals surface area contributed by atoms with Crippen LogP contribution in [0.1, 0.15) is 22.7 Å². The number of halogens is 2. The molecule has 1 N–H and O–H groups in total. The Balaban J connectivity index is 2.37. The third-order valence-electron chi connectivity index (χ3n) is 3.07. The molecule has 0 saturated heterocycles. The Labute approximate surface area is 130 Å². The number of rotatable bonds is 4. The Morgan fingerprint density at radius 1 is 1.45 bits per heavy atom. The zero-order valence-corrected chi connectivity index (χ0v) is 13.1. The van der Waals surface area contributed by atoms with E-state index in [2.05, 4.69) is 20.9 Å². The maximum absolute atomic E-state index is 11.6. The van der Waals surface area contributed by atoms with E-state index in [1.807, 2.05) is 25.1 Å². The van der Waals surface area contributed by atoms with Crippen LogP contribution in [0.2, 0.25) is 5.02 Å². The van der Waals surface area contributed by atoms with Gasteiger partial charge in [-0.25, -0.2) is 0 Å². The molecule has 0 spiro atoms. The van der Waals surface area contributed by atoms with Gasteiger partial charge in [-0.1, -0.05) is 23.7 Å². The van der Waals surface area contributed by atoms with Crippen molar-refractivity contribution in [2.24, 2.45) is 0 Å². The normalized spacial score (nSPS) is 12.2. The molecule has 0 fully saturated rings. The predicted molar refractivity (Wildman–Crippen MR) is 82.2 cm³/mol. The standard InChI is InChI=1S/C15H13BrClNO2/c1-9-5-6-18-14(13(9)16)12(15(19)20)8-10-3-2-4-11(17)7-10/h2-7,12H,8H2,1H3,(H,19,20). The third-order valence-corrected chi connectivity index (χ3v) is 4.33. The fourth-order valence-corrected chi connectivity index (χ4v) is 2.73. The van der Waals surface area contributed by atoms with Crippen LogP contribution in [0.25, 0.3) is 0 Å². The van der Waals surface area contributed by atoms with Crippen LogP contribution in [-0.2, 0) is 11.2 Å². The molecular weight excluding hydrogens is 342 g/mol. The molecule has 1 unspecified atom stereocenters. The topological polar surface area (TPSA) is 50.2 Å². The molecule has 104 valence electrons. The number of benzene rings is 1. The maximum Gasteiger partial charge on any atom is 0.312 e. The fourth-order valence-electron chi connectivity index (χ4n) is 2.00. The summed E-state index contributed by atoms with van der Waals surface area (Å²) in [6.07, 6.45) is 1.98. The van der Waals surface area contributed by atoms with Gasteiger partial charge in [0.25, 0.3) is 0 Å². The smallest absolute Gasteiger partial charge is 0.312 e. The SMILES string of the molecule is Cc1ccnc(C(Cc2cccc(Cl)c2)C(=O)O)c1Br. The van der Waals surface area contributed by atoms with Crippen molar-refractivity contribution in [2.45, 2.75) is 19.3 Å². The molecule has 2 aromatic rings. The highest BCUT2D eigenvalue weighted by Crippen LogP contribution is 2.29. The van der Waals surface area contributed by atoms with E-state index >= 15 is 0 Å². The van der Waals surface area contributed by atoms with Crippen LogP contribution in [0.5, 0.6) is 0 Å². The van der Waals surface area contributed by atoms with Crippen molar-refractivity contribution >= 4 is 33.5 Å². The van der Waals surface area contributed by atoms with Crippen molar-refractivity contribution in [3.8, 4) is 0 Å². The number of nitrogens with zero attached hydrogens (tertiary/aromatic N) is 1. The van der Waals surface area contributed by atoms with Gasteiger partial charge >= 0.3 is 5.97 Å². The lowest BCUT2D eigenvalue weighted by Gasteiger charge is -2.15. The molecular formula is C15H13BrClNO2. The zero-order valence-electron chi connectivity index (χ0n) is 10.8. The molecule has 1 aromatic heterocycles. The summed E-state index contributed by atoms with van der Waals surface area (Å²) >= 11 is 9.36. The van der Waals surface area contributed by atoms with E-state index in [0.29, 0.717) is 17.1 Å². The monoisotopic (exact) mass is 353 g/mol. The van der Waals surface area contributed by atoms with E-state index in [0.717, 1.165) is 15.6 Å². The van der Waals surface area contributed by atoms with Crippen molar-refractivity contribution in [1.29, 1.82) is 0 Å². The van der Waals surface area contributed by atoms with Crippen LogP contribution < -0.4 is 0 Å². The van der Waals surface area contributed by atoms with E-state index in [1.54, 1.807) is 18.3 Å². The molecule has 1 atom stereocenters. The third kappa shape index (κ3) is 3.38. The summed E-state index contributed by atoms with van der Waals surface area (Å²) in [5, 5.41) is 10.1. The lowest BCUT2D eigenvalue weighted by Crippen LogP contribution is -2.16. The summed E-state index contributed by atoms with van der Waals surface area (Å²) in [7, 11) is 0. The first kappa shape index (κ1) is 15.0. The average Bonchev–Trinajstić information content (AvgIpc) is 2.39. The van der Waals surface area contributed by atoms with Gasteiger partial charge in [0, 0.05) is 15.7 Å². The van der Waals surface area contributed by atoms with Crippen molar-refractivity contribution in [2.75, 3.05) is 0 Å². The first-order valence-electron chi connectivity index (χ1n) is 6.07. The van der Waals surface area contributed by atoms with E-state index in [-0.39, 0.29) is 0 Å². The van der Waals surface area contributed by atoms with Crippen LogP contribution in [0.15, 0.2) is 41.0 Å². The number of carbonyl (C=O) groups is 1. The number of aromatic nitrogens is 1. The van der Waals surface area contributed by atoms with Gasteiger partial charge in [-0.3, -0.25) is 9.78 Å². The summed E-state index contributed by atoms with van der Waals surface area (Å²) in [6.45, 7) is 1.91. The molecule has 3 nitrogen and oxygen atoms in total. The van der Waals surface area contributed by atoms with Crippen LogP contribution >= 0.6 is 27.5 Å². The molecule has 1 aromatic carbocycles. The Morgan fingerprint density at radius 3 is 2.85 bits per heavy atom. The van der Waals surface area contributed by atoms with Gasteiger partial charge in [-0.15, -0.1) is 0 Å². The molecule has 0 amide bonds. The highest BCUT2D eigenvalue weighted by atomic mass is 79.9.